The molecule has 0 aliphatic heterocycles. The van der Waals surface area contributed by atoms with Crippen molar-refractivity contribution in [2.24, 2.45) is 0 Å². The minimum absolute atomic E-state index is 0.430. The summed E-state index contributed by atoms with van der Waals surface area (Å²) in [7, 11) is 1.73. The van der Waals surface area contributed by atoms with Crippen molar-refractivity contribution in [1.82, 2.24) is 9.97 Å². The summed E-state index contributed by atoms with van der Waals surface area (Å²) in [4.78, 5) is 8.09. The summed E-state index contributed by atoms with van der Waals surface area (Å²) >= 11 is 0. The zero-order valence-corrected chi connectivity index (χ0v) is 9.21. The average Bonchev–Trinajstić information content (AvgIpc) is 2.39. The third kappa shape index (κ3) is 2.69. The van der Waals surface area contributed by atoms with Crippen LogP contribution < -0.4 is 10.1 Å². The van der Waals surface area contributed by atoms with Gasteiger partial charge in [-0.15, -0.1) is 0 Å². The average molecular weight is 226 g/mol. The molecule has 1 aromatic carbocycles. The maximum Gasteiger partial charge on any atom is 0.225 e. The molecule has 0 amide bonds. The molecule has 0 bridgehead atoms. The number of hydrogen-bond donors (Lipinski definition) is 1. The van der Waals surface area contributed by atoms with Gasteiger partial charge in [0.1, 0.15) is 5.75 Å². The van der Waals surface area contributed by atoms with Crippen molar-refractivity contribution < 1.29 is 4.74 Å². The van der Waals surface area contributed by atoms with E-state index in [1.807, 2.05) is 0 Å². The van der Waals surface area contributed by atoms with Gasteiger partial charge < -0.3 is 10.1 Å². The van der Waals surface area contributed by atoms with E-state index >= 15 is 0 Å². The van der Waals surface area contributed by atoms with Crippen molar-refractivity contribution in [3.8, 4) is 17.7 Å². The SMILES string of the molecule is CNc1nccc(Oc2cccc(C#N)c2)n1. The van der Waals surface area contributed by atoms with E-state index in [-0.39, 0.29) is 0 Å². The van der Waals surface area contributed by atoms with Gasteiger partial charge in [-0.3, -0.25) is 0 Å². The first-order valence-electron chi connectivity index (χ1n) is 5.00. The molecule has 0 fully saturated rings. The summed E-state index contributed by atoms with van der Waals surface area (Å²) < 4.78 is 5.52. The number of benzene rings is 1. The van der Waals surface area contributed by atoms with Crippen LogP contribution in [0.5, 0.6) is 11.6 Å². The van der Waals surface area contributed by atoms with Gasteiger partial charge in [-0.2, -0.15) is 10.2 Å². The lowest BCUT2D eigenvalue weighted by Gasteiger charge is -2.05. The predicted molar refractivity (Wildman–Crippen MR) is 62.8 cm³/mol. The molecule has 1 aromatic heterocycles. The molecule has 0 aliphatic rings. The summed E-state index contributed by atoms with van der Waals surface area (Å²) in [6.07, 6.45) is 1.60. The summed E-state index contributed by atoms with van der Waals surface area (Å²) in [5.41, 5.74) is 0.547. The standard InChI is InChI=1S/C12H10N4O/c1-14-12-15-6-5-11(16-12)17-10-4-2-3-9(7-10)8-13/h2-7H,1H3,(H,14,15,16). The Hall–Kier alpha value is -2.61. The van der Waals surface area contributed by atoms with Crippen molar-refractivity contribution in [2.45, 2.75) is 0 Å². The van der Waals surface area contributed by atoms with Crippen LogP contribution in [0.1, 0.15) is 5.56 Å². The predicted octanol–water partition coefficient (Wildman–Crippen LogP) is 2.18. The zero-order chi connectivity index (χ0) is 12.1. The lowest BCUT2D eigenvalue weighted by molar-refractivity contribution is 0.462. The van der Waals surface area contributed by atoms with E-state index in [9.17, 15) is 0 Å². The summed E-state index contributed by atoms with van der Waals surface area (Å²) in [6, 6.07) is 10.6. The number of nitrogens with one attached hydrogen (secondary N) is 1. The van der Waals surface area contributed by atoms with Gasteiger partial charge in [0.05, 0.1) is 11.6 Å². The molecule has 17 heavy (non-hydrogen) atoms. The van der Waals surface area contributed by atoms with Gasteiger partial charge in [0.15, 0.2) is 0 Å². The van der Waals surface area contributed by atoms with Gasteiger partial charge in [0.25, 0.3) is 0 Å². The first kappa shape index (κ1) is 10.9. The van der Waals surface area contributed by atoms with E-state index < -0.39 is 0 Å². The first-order chi connectivity index (χ1) is 8.31. The largest absolute Gasteiger partial charge is 0.439 e. The molecule has 1 N–H and O–H groups in total. The van der Waals surface area contributed by atoms with E-state index in [2.05, 4.69) is 21.4 Å². The van der Waals surface area contributed by atoms with Crippen molar-refractivity contribution >= 4 is 5.95 Å². The molecule has 0 saturated carbocycles. The number of nitriles is 1. The van der Waals surface area contributed by atoms with Gasteiger partial charge in [-0.25, -0.2) is 4.98 Å². The van der Waals surface area contributed by atoms with Crippen molar-refractivity contribution in [2.75, 3.05) is 12.4 Å². The van der Waals surface area contributed by atoms with E-state index in [0.29, 0.717) is 23.1 Å². The Bertz CT molecular complexity index is 562. The lowest BCUT2D eigenvalue weighted by Crippen LogP contribution is -1.97. The Morgan fingerprint density at radius 3 is 3.00 bits per heavy atom. The Labute approximate surface area is 98.7 Å². The quantitative estimate of drug-likeness (QED) is 0.868. The van der Waals surface area contributed by atoms with Crippen LogP contribution in [0, 0.1) is 11.3 Å². The van der Waals surface area contributed by atoms with Crippen LogP contribution in [0.2, 0.25) is 0 Å². The molecule has 5 nitrogen and oxygen atoms in total. The van der Waals surface area contributed by atoms with Crippen molar-refractivity contribution in [1.29, 1.82) is 5.26 Å². The molecule has 1 heterocycles. The number of aromatic nitrogens is 2. The highest BCUT2D eigenvalue weighted by Crippen LogP contribution is 2.20. The van der Waals surface area contributed by atoms with E-state index in [4.69, 9.17) is 10.00 Å². The highest BCUT2D eigenvalue weighted by molar-refractivity contribution is 5.38. The molecule has 84 valence electrons. The summed E-state index contributed by atoms with van der Waals surface area (Å²) in [5, 5.41) is 11.6. The number of anilines is 1. The molecular formula is C12H10N4O. The van der Waals surface area contributed by atoms with Crippen LogP contribution in [0.4, 0.5) is 5.95 Å². The maximum atomic E-state index is 8.77. The fourth-order valence-electron chi connectivity index (χ4n) is 1.27. The van der Waals surface area contributed by atoms with E-state index in [1.54, 1.807) is 43.6 Å². The monoisotopic (exact) mass is 226 g/mol. The zero-order valence-electron chi connectivity index (χ0n) is 9.21. The molecular weight excluding hydrogens is 216 g/mol. The van der Waals surface area contributed by atoms with Crippen LogP contribution in [0.15, 0.2) is 36.5 Å². The minimum atomic E-state index is 0.430. The van der Waals surface area contributed by atoms with Gasteiger partial charge in [0.2, 0.25) is 11.8 Å². The van der Waals surface area contributed by atoms with Gasteiger partial charge in [0, 0.05) is 19.3 Å². The second-order valence-corrected chi connectivity index (χ2v) is 3.21. The second kappa shape index (κ2) is 4.94. The molecule has 2 rings (SSSR count). The topological polar surface area (TPSA) is 70.8 Å². The van der Waals surface area contributed by atoms with Crippen LogP contribution >= 0.6 is 0 Å². The number of ether oxygens (including phenoxy) is 1. The van der Waals surface area contributed by atoms with Crippen molar-refractivity contribution in [3.05, 3.63) is 42.1 Å². The fourth-order valence-corrected chi connectivity index (χ4v) is 1.27. The highest BCUT2D eigenvalue weighted by Gasteiger charge is 2.01. The van der Waals surface area contributed by atoms with Gasteiger partial charge in [-0.05, 0) is 18.2 Å². The van der Waals surface area contributed by atoms with Gasteiger partial charge in [-0.1, -0.05) is 6.07 Å². The minimum Gasteiger partial charge on any atom is -0.439 e. The molecule has 0 spiro atoms. The first-order valence-corrected chi connectivity index (χ1v) is 5.00. The van der Waals surface area contributed by atoms with Crippen LogP contribution in [0.3, 0.4) is 0 Å². The molecule has 5 heteroatoms. The van der Waals surface area contributed by atoms with Crippen molar-refractivity contribution in [3.63, 3.8) is 0 Å². The number of hydrogen-bond acceptors (Lipinski definition) is 5. The van der Waals surface area contributed by atoms with E-state index in [1.165, 1.54) is 0 Å². The molecule has 0 radical (unpaired) electrons. The van der Waals surface area contributed by atoms with E-state index in [0.717, 1.165) is 0 Å². The second-order valence-electron chi connectivity index (χ2n) is 3.21. The highest BCUT2D eigenvalue weighted by atomic mass is 16.5. The fraction of sp³-hybridized carbons (Fsp3) is 0.0833. The van der Waals surface area contributed by atoms with Gasteiger partial charge >= 0.3 is 0 Å². The Kier molecular flexibility index (Phi) is 3.17. The summed E-state index contributed by atoms with van der Waals surface area (Å²) in [5.74, 6) is 1.49. The molecule has 0 unspecified atom stereocenters. The third-order valence-electron chi connectivity index (χ3n) is 2.04. The molecule has 2 aromatic rings. The molecule has 0 atom stereocenters. The Morgan fingerprint density at radius 2 is 2.24 bits per heavy atom. The smallest absolute Gasteiger partial charge is 0.225 e. The lowest BCUT2D eigenvalue weighted by atomic mass is 10.2. The van der Waals surface area contributed by atoms with Crippen LogP contribution in [0.25, 0.3) is 0 Å². The normalized spacial score (nSPS) is 9.41. The maximum absolute atomic E-state index is 8.77. The number of nitrogens with zero attached hydrogens (tertiary/aromatic N) is 3. The molecule has 0 saturated heterocycles. The Balaban J connectivity index is 2.22. The molecule has 0 aliphatic carbocycles. The summed E-state index contributed by atoms with van der Waals surface area (Å²) in [6.45, 7) is 0. The van der Waals surface area contributed by atoms with Crippen LogP contribution in [-0.2, 0) is 0 Å². The van der Waals surface area contributed by atoms with Crippen LogP contribution in [-0.4, -0.2) is 17.0 Å². The Morgan fingerprint density at radius 1 is 1.35 bits per heavy atom. The number of rotatable bonds is 3. The third-order valence-corrected chi connectivity index (χ3v) is 2.04.